The van der Waals surface area contributed by atoms with Gasteiger partial charge in [-0.15, -0.1) is 11.3 Å². The van der Waals surface area contributed by atoms with E-state index in [1.807, 2.05) is 12.3 Å². The summed E-state index contributed by atoms with van der Waals surface area (Å²) < 4.78 is 2.77. The molecule has 0 saturated heterocycles. The van der Waals surface area contributed by atoms with Crippen molar-refractivity contribution in [3.8, 4) is 0 Å². The average Bonchev–Trinajstić information content (AvgIpc) is 2.75. The van der Waals surface area contributed by atoms with Gasteiger partial charge < -0.3 is 5.11 Å². The zero-order chi connectivity index (χ0) is 10.8. The third-order valence-electron chi connectivity index (χ3n) is 1.88. The molecular weight excluding hydrogens is 327 g/mol. The molecule has 0 amide bonds. The predicted molar refractivity (Wildman–Crippen MR) is 65.3 cm³/mol. The van der Waals surface area contributed by atoms with E-state index in [0.29, 0.717) is 11.4 Å². The maximum atomic E-state index is 10.9. The minimum atomic E-state index is -0.873. The predicted octanol–water partition coefficient (Wildman–Crippen LogP) is 2.30. The SMILES string of the molecule is O=C(O)c1sccc1Cn1cc(I)cn1. The van der Waals surface area contributed by atoms with Crippen molar-refractivity contribution in [2.75, 3.05) is 0 Å². The highest BCUT2D eigenvalue weighted by molar-refractivity contribution is 14.1. The zero-order valence-electron chi connectivity index (χ0n) is 7.55. The summed E-state index contributed by atoms with van der Waals surface area (Å²) in [5, 5.41) is 14.8. The van der Waals surface area contributed by atoms with Gasteiger partial charge in [0, 0.05) is 6.20 Å². The van der Waals surface area contributed by atoms with Crippen LogP contribution in [0.25, 0.3) is 0 Å². The van der Waals surface area contributed by atoms with Gasteiger partial charge in [-0.1, -0.05) is 0 Å². The highest BCUT2D eigenvalue weighted by atomic mass is 127. The first-order valence-electron chi connectivity index (χ1n) is 4.14. The Morgan fingerprint density at radius 1 is 1.67 bits per heavy atom. The van der Waals surface area contributed by atoms with Crippen LogP contribution in [0.3, 0.4) is 0 Å². The van der Waals surface area contributed by atoms with E-state index in [2.05, 4.69) is 27.7 Å². The van der Waals surface area contributed by atoms with Crippen LogP contribution in [0, 0.1) is 3.57 Å². The fraction of sp³-hybridized carbons (Fsp3) is 0.111. The van der Waals surface area contributed by atoms with Crippen molar-refractivity contribution >= 4 is 39.9 Å². The standard InChI is InChI=1S/C9H7IN2O2S/c10-7-3-11-12(5-7)4-6-1-2-15-8(6)9(13)14/h1-3,5H,4H2,(H,13,14). The van der Waals surface area contributed by atoms with Crippen molar-refractivity contribution in [1.82, 2.24) is 9.78 Å². The van der Waals surface area contributed by atoms with Crippen LogP contribution in [-0.2, 0) is 6.54 Å². The first-order valence-corrected chi connectivity index (χ1v) is 6.10. The molecule has 0 bridgehead atoms. The van der Waals surface area contributed by atoms with Crippen LogP contribution in [0.15, 0.2) is 23.8 Å². The fourth-order valence-corrected chi connectivity index (χ4v) is 2.45. The van der Waals surface area contributed by atoms with Crippen LogP contribution in [0.1, 0.15) is 15.2 Å². The van der Waals surface area contributed by atoms with Crippen LogP contribution < -0.4 is 0 Å². The summed E-state index contributed by atoms with van der Waals surface area (Å²) in [6, 6.07) is 1.82. The van der Waals surface area contributed by atoms with Crippen molar-refractivity contribution < 1.29 is 9.90 Å². The van der Waals surface area contributed by atoms with Gasteiger partial charge in [0.05, 0.1) is 16.3 Å². The van der Waals surface area contributed by atoms with E-state index in [-0.39, 0.29) is 0 Å². The van der Waals surface area contributed by atoms with Crippen LogP contribution in [0.2, 0.25) is 0 Å². The number of hydrogen-bond acceptors (Lipinski definition) is 3. The Labute approximate surface area is 104 Å². The molecule has 0 fully saturated rings. The maximum absolute atomic E-state index is 10.9. The molecule has 4 nitrogen and oxygen atoms in total. The quantitative estimate of drug-likeness (QED) is 0.877. The first kappa shape index (κ1) is 10.6. The topological polar surface area (TPSA) is 55.1 Å². The minimum Gasteiger partial charge on any atom is -0.477 e. The van der Waals surface area contributed by atoms with E-state index in [1.165, 1.54) is 11.3 Å². The molecule has 0 aromatic carbocycles. The lowest BCUT2D eigenvalue weighted by molar-refractivity contribution is 0.0701. The van der Waals surface area contributed by atoms with Gasteiger partial charge in [0.25, 0.3) is 0 Å². The summed E-state index contributed by atoms with van der Waals surface area (Å²) >= 11 is 3.41. The number of halogens is 1. The Hall–Kier alpha value is -0.890. The van der Waals surface area contributed by atoms with Crippen molar-refractivity contribution in [2.24, 2.45) is 0 Å². The molecule has 0 atom stereocenters. The van der Waals surface area contributed by atoms with Gasteiger partial charge in [0.15, 0.2) is 0 Å². The molecule has 0 aliphatic heterocycles. The number of carbonyl (C=O) groups is 1. The molecule has 2 heterocycles. The number of hydrogen-bond donors (Lipinski definition) is 1. The second-order valence-corrected chi connectivity index (χ2v) is 5.10. The lowest BCUT2D eigenvalue weighted by atomic mass is 10.2. The van der Waals surface area contributed by atoms with Crippen molar-refractivity contribution in [2.45, 2.75) is 6.54 Å². The number of carboxylic acids is 1. The molecule has 1 N–H and O–H groups in total. The highest BCUT2D eigenvalue weighted by Crippen LogP contribution is 2.17. The number of nitrogens with zero attached hydrogens (tertiary/aromatic N) is 2. The van der Waals surface area contributed by atoms with Gasteiger partial charge in [0.1, 0.15) is 4.88 Å². The molecule has 78 valence electrons. The molecule has 0 spiro atoms. The maximum Gasteiger partial charge on any atom is 0.346 e. The zero-order valence-corrected chi connectivity index (χ0v) is 10.5. The van der Waals surface area contributed by atoms with E-state index in [4.69, 9.17) is 5.11 Å². The molecule has 0 unspecified atom stereocenters. The van der Waals surface area contributed by atoms with E-state index in [0.717, 1.165) is 9.13 Å². The first-order chi connectivity index (χ1) is 7.16. The lowest BCUT2D eigenvalue weighted by Gasteiger charge is -2.00. The number of aromatic nitrogens is 2. The number of thiophene rings is 1. The molecule has 0 saturated carbocycles. The third kappa shape index (κ3) is 2.37. The van der Waals surface area contributed by atoms with Crippen molar-refractivity contribution in [3.63, 3.8) is 0 Å². The molecule has 0 radical (unpaired) electrons. The Morgan fingerprint density at radius 3 is 3.07 bits per heavy atom. The Balaban J connectivity index is 2.24. The Bertz CT molecular complexity index is 492. The van der Waals surface area contributed by atoms with E-state index in [9.17, 15) is 4.79 Å². The molecule has 0 aliphatic rings. The van der Waals surface area contributed by atoms with Crippen LogP contribution in [0.5, 0.6) is 0 Å². The Morgan fingerprint density at radius 2 is 2.47 bits per heavy atom. The van der Waals surface area contributed by atoms with Gasteiger partial charge in [-0.2, -0.15) is 5.10 Å². The van der Waals surface area contributed by atoms with E-state index in [1.54, 1.807) is 16.3 Å². The van der Waals surface area contributed by atoms with Crippen LogP contribution >= 0.6 is 33.9 Å². The summed E-state index contributed by atoms with van der Waals surface area (Å²) in [5.74, 6) is -0.873. The van der Waals surface area contributed by atoms with Crippen molar-refractivity contribution in [3.05, 3.63) is 37.9 Å². The molecule has 15 heavy (non-hydrogen) atoms. The average molecular weight is 334 g/mol. The summed E-state index contributed by atoms with van der Waals surface area (Å²) in [4.78, 5) is 11.2. The summed E-state index contributed by atoms with van der Waals surface area (Å²) in [7, 11) is 0. The number of aromatic carboxylic acids is 1. The molecule has 6 heteroatoms. The van der Waals surface area contributed by atoms with Gasteiger partial charge in [0.2, 0.25) is 0 Å². The molecule has 0 aliphatic carbocycles. The lowest BCUT2D eigenvalue weighted by Crippen LogP contribution is -2.04. The summed E-state index contributed by atoms with van der Waals surface area (Å²) in [5.41, 5.74) is 0.798. The molecule has 2 aromatic heterocycles. The molecule has 2 aromatic rings. The van der Waals surface area contributed by atoms with Gasteiger partial charge in [-0.25, -0.2) is 4.79 Å². The van der Waals surface area contributed by atoms with E-state index >= 15 is 0 Å². The monoisotopic (exact) mass is 334 g/mol. The van der Waals surface area contributed by atoms with Crippen LogP contribution in [0.4, 0.5) is 0 Å². The minimum absolute atomic E-state index is 0.389. The largest absolute Gasteiger partial charge is 0.477 e. The Kier molecular flexibility index (Phi) is 3.06. The molecular formula is C9H7IN2O2S. The summed E-state index contributed by atoms with van der Waals surface area (Å²) in [6.45, 7) is 0.508. The third-order valence-corrected chi connectivity index (χ3v) is 3.38. The second kappa shape index (κ2) is 4.31. The number of carboxylic acid groups (broad SMARTS) is 1. The van der Waals surface area contributed by atoms with E-state index < -0.39 is 5.97 Å². The second-order valence-electron chi connectivity index (χ2n) is 2.94. The van der Waals surface area contributed by atoms with Gasteiger partial charge >= 0.3 is 5.97 Å². The normalized spacial score (nSPS) is 10.5. The highest BCUT2D eigenvalue weighted by Gasteiger charge is 2.11. The molecule has 2 rings (SSSR count). The smallest absolute Gasteiger partial charge is 0.346 e. The van der Waals surface area contributed by atoms with Gasteiger partial charge in [-0.05, 0) is 39.6 Å². The fourth-order valence-electron chi connectivity index (χ4n) is 1.25. The number of rotatable bonds is 3. The summed E-state index contributed by atoms with van der Waals surface area (Å²) in [6.07, 6.45) is 3.62. The van der Waals surface area contributed by atoms with Crippen LogP contribution in [-0.4, -0.2) is 20.9 Å². The van der Waals surface area contributed by atoms with Crippen molar-refractivity contribution in [1.29, 1.82) is 0 Å². The van der Waals surface area contributed by atoms with Gasteiger partial charge in [-0.3, -0.25) is 4.68 Å².